The van der Waals surface area contributed by atoms with Gasteiger partial charge < -0.3 is 45.6 Å². The van der Waals surface area contributed by atoms with Gasteiger partial charge in [-0.25, -0.2) is 0 Å². The molecule has 4 aliphatic rings. The molecular weight excluding hydrogens is 508 g/mol. The summed E-state index contributed by atoms with van der Waals surface area (Å²) in [5.41, 5.74) is 4.49. The number of ketones is 2. The van der Waals surface area contributed by atoms with E-state index in [9.17, 15) is 34.8 Å². The van der Waals surface area contributed by atoms with Crippen molar-refractivity contribution in [2.24, 2.45) is 23.5 Å². The van der Waals surface area contributed by atoms with E-state index < -0.39 is 58.7 Å². The van der Waals surface area contributed by atoms with E-state index in [4.69, 9.17) is 10.5 Å². The maximum Gasteiger partial charge on any atom is 0.230 e. The molecule has 2 fully saturated rings. The number of aliphatic hydroxyl groups is 3. The number of hydrogen-bond donors (Lipinski definition) is 5. The van der Waals surface area contributed by atoms with E-state index in [0.717, 1.165) is 5.69 Å². The monoisotopic (exact) mass is 544 g/mol. The van der Waals surface area contributed by atoms with Crippen LogP contribution in [-0.4, -0.2) is 115 Å². The molecule has 5 rings (SSSR count). The number of likely N-dealkylation sites (N-methyl/N-ethyl adjacent to an activating group) is 1. The fourth-order valence-electron chi connectivity index (χ4n) is 7.08. The third-order valence-corrected chi connectivity index (χ3v) is 8.88. The van der Waals surface area contributed by atoms with Crippen LogP contribution in [0.2, 0.25) is 0 Å². The van der Waals surface area contributed by atoms with Gasteiger partial charge in [-0.2, -0.15) is 0 Å². The summed E-state index contributed by atoms with van der Waals surface area (Å²) in [5, 5.41) is 45.7. The maximum atomic E-state index is 14.1. The van der Waals surface area contributed by atoms with Gasteiger partial charge >= 0.3 is 0 Å². The van der Waals surface area contributed by atoms with Crippen LogP contribution in [-0.2, 0) is 20.7 Å². The fraction of sp³-hybridized carbons (Fsp3) is 0.593. The number of ether oxygens (including phenoxy) is 1. The number of amides is 1. The molecule has 1 aliphatic heterocycles. The average Bonchev–Trinajstić information content (AvgIpc) is 2.86. The lowest BCUT2D eigenvalue weighted by atomic mass is 9.56. The van der Waals surface area contributed by atoms with E-state index in [0.29, 0.717) is 37.6 Å². The second kappa shape index (κ2) is 9.47. The summed E-state index contributed by atoms with van der Waals surface area (Å²) in [4.78, 5) is 45.2. The Balaban J connectivity index is 1.70. The molecule has 0 bridgehead atoms. The number of carbonyl (C=O) groups is 3. The molecule has 1 amide bonds. The van der Waals surface area contributed by atoms with Crippen molar-refractivity contribution >= 4 is 28.8 Å². The van der Waals surface area contributed by atoms with E-state index in [1.54, 1.807) is 19.0 Å². The Morgan fingerprint density at radius 1 is 1.15 bits per heavy atom. The lowest BCUT2D eigenvalue weighted by Crippen LogP contribution is -2.71. The fourth-order valence-corrected chi connectivity index (χ4v) is 7.08. The number of allylic oxidation sites excluding steroid dienone is 1. The zero-order valence-corrected chi connectivity index (χ0v) is 22.5. The van der Waals surface area contributed by atoms with Crippen molar-refractivity contribution in [3.8, 4) is 5.75 Å². The van der Waals surface area contributed by atoms with Gasteiger partial charge in [-0.1, -0.05) is 0 Å². The largest absolute Gasteiger partial charge is 0.508 e. The molecule has 6 N–H and O–H groups in total. The highest BCUT2D eigenvalue weighted by Crippen LogP contribution is 2.54. The SMILES string of the molecule is CN(C)c1cc(N2CCOCC2)c(O)c2c1C[C@H]1C[C@H]3[C@H](N(C)C)C(O)C(C(N)=O)C(=O)[C@@]3(O)C(O)=C1C2=O. The van der Waals surface area contributed by atoms with Gasteiger partial charge in [0.15, 0.2) is 17.2 Å². The summed E-state index contributed by atoms with van der Waals surface area (Å²) in [7, 11) is 6.94. The zero-order chi connectivity index (χ0) is 28.5. The number of hydrogen-bond acceptors (Lipinski definition) is 11. The third kappa shape index (κ3) is 3.84. The molecule has 2 unspecified atom stereocenters. The number of fused-ring (bicyclic) bond motifs is 3. The van der Waals surface area contributed by atoms with Crippen molar-refractivity contribution in [2.75, 3.05) is 64.3 Å². The summed E-state index contributed by atoms with van der Waals surface area (Å²) in [6.45, 7) is 1.96. The number of primary amides is 1. The Hall–Kier alpha value is -3.19. The van der Waals surface area contributed by atoms with E-state index in [2.05, 4.69) is 0 Å². The first-order valence-corrected chi connectivity index (χ1v) is 13.1. The van der Waals surface area contributed by atoms with Crippen LogP contribution in [0.15, 0.2) is 17.4 Å². The minimum absolute atomic E-state index is 0.0152. The third-order valence-electron chi connectivity index (χ3n) is 8.88. The second-order valence-electron chi connectivity index (χ2n) is 11.4. The van der Waals surface area contributed by atoms with Crippen molar-refractivity contribution in [3.05, 3.63) is 28.5 Å². The van der Waals surface area contributed by atoms with E-state index in [-0.39, 0.29) is 29.7 Å². The Kier molecular flexibility index (Phi) is 6.65. The highest BCUT2D eigenvalue weighted by Gasteiger charge is 2.66. The van der Waals surface area contributed by atoms with Gasteiger partial charge in [-0.3, -0.25) is 14.4 Å². The summed E-state index contributed by atoms with van der Waals surface area (Å²) in [6.07, 6.45) is -1.17. The predicted octanol–water partition coefficient (Wildman–Crippen LogP) is -0.812. The molecule has 1 saturated carbocycles. The second-order valence-corrected chi connectivity index (χ2v) is 11.4. The number of anilines is 2. The minimum atomic E-state index is -2.60. The summed E-state index contributed by atoms with van der Waals surface area (Å²) in [6, 6.07) is 0.935. The standard InChI is InChI=1S/C27H36N4O8/c1-29(2)15-11-16(31-5-7-39-8-6-31)21(32)18-13(15)9-12-10-14-20(30(3)4)23(34)19(26(28)37)25(36)27(14,38)24(35)17(12)22(18)33/h11-12,14,19-20,23,32,34-35,38H,5-10H2,1-4H3,(H2,28,37)/t12-,14-,19?,20-,23?,27-/m0/s1. The Morgan fingerprint density at radius 3 is 2.36 bits per heavy atom. The average molecular weight is 545 g/mol. The first kappa shape index (κ1) is 27.4. The van der Waals surface area contributed by atoms with Crippen LogP contribution in [0.5, 0.6) is 5.75 Å². The van der Waals surface area contributed by atoms with E-state index in [1.807, 2.05) is 30.0 Å². The zero-order valence-electron chi connectivity index (χ0n) is 22.5. The highest BCUT2D eigenvalue weighted by atomic mass is 16.5. The van der Waals surface area contributed by atoms with Crippen LogP contribution >= 0.6 is 0 Å². The Morgan fingerprint density at radius 2 is 1.79 bits per heavy atom. The van der Waals surface area contributed by atoms with Crippen molar-refractivity contribution in [2.45, 2.75) is 30.6 Å². The normalized spacial score (nSPS) is 32.6. The first-order chi connectivity index (χ1) is 18.3. The van der Waals surface area contributed by atoms with Crippen LogP contribution in [0, 0.1) is 17.8 Å². The molecule has 3 aliphatic carbocycles. The number of aliphatic hydroxyl groups excluding tert-OH is 2. The number of nitrogens with two attached hydrogens (primary N) is 1. The van der Waals surface area contributed by atoms with Gasteiger partial charge in [0, 0.05) is 50.4 Å². The lowest BCUT2D eigenvalue weighted by Gasteiger charge is -2.53. The number of nitrogens with zero attached hydrogens (tertiary/aromatic N) is 3. The Labute approximate surface area is 226 Å². The number of carbonyl (C=O) groups excluding carboxylic acids is 3. The quantitative estimate of drug-likeness (QED) is 0.300. The van der Waals surface area contributed by atoms with Gasteiger partial charge in [0.05, 0.1) is 30.6 Å². The van der Waals surface area contributed by atoms with Gasteiger partial charge in [-0.05, 0) is 44.5 Å². The molecule has 1 heterocycles. The number of morpholine rings is 1. The number of Topliss-reactive ketones (excluding diaryl/α,β-unsaturated/α-hetero) is 2. The summed E-state index contributed by atoms with van der Waals surface area (Å²) < 4.78 is 5.43. The first-order valence-electron chi connectivity index (χ1n) is 13.1. The Bertz CT molecular complexity index is 1270. The molecule has 1 aromatic carbocycles. The summed E-state index contributed by atoms with van der Waals surface area (Å²) in [5.74, 6) is -7.41. The van der Waals surface area contributed by atoms with Crippen LogP contribution in [0.3, 0.4) is 0 Å². The molecule has 39 heavy (non-hydrogen) atoms. The number of phenols is 1. The van der Waals surface area contributed by atoms with E-state index >= 15 is 0 Å². The van der Waals surface area contributed by atoms with Crippen LogP contribution in [0.4, 0.5) is 11.4 Å². The molecule has 12 heteroatoms. The molecule has 1 aromatic rings. The number of benzene rings is 1. The molecule has 212 valence electrons. The predicted molar refractivity (Wildman–Crippen MR) is 141 cm³/mol. The van der Waals surface area contributed by atoms with Crippen molar-refractivity contribution in [1.29, 1.82) is 0 Å². The molecule has 6 atom stereocenters. The van der Waals surface area contributed by atoms with Crippen LogP contribution in [0.1, 0.15) is 22.3 Å². The highest BCUT2D eigenvalue weighted by molar-refractivity contribution is 6.17. The van der Waals surface area contributed by atoms with Crippen molar-refractivity contribution < 1.29 is 39.5 Å². The smallest absolute Gasteiger partial charge is 0.230 e. The van der Waals surface area contributed by atoms with Crippen LogP contribution < -0.4 is 15.5 Å². The number of phenolic OH excluding ortho intramolecular Hbond substituents is 1. The van der Waals surface area contributed by atoms with E-state index in [1.165, 1.54) is 0 Å². The molecule has 12 nitrogen and oxygen atoms in total. The molecule has 0 radical (unpaired) electrons. The lowest BCUT2D eigenvalue weighted by molar-refractivity contribution is -0.178. The molecule has 0 spiro atoms. The topological polar surface area (TPSA) is 177 Å². The molecule has 1 saturated heterocycles. The molecular formula is C27H36N4O8. The number of rotatable bonds is 4. The maximum absolute atomic E-state index is 14.1. The van der Waals surface area contributed by atoms with Gasteiger partial charge in [0.1, 0.15) is 17.4 Å². The van der Waals surface area contributed by atoms with Gasteiger partial charge in [0.25, 0.3) is 0 Å². The van der Waals surface area contributed by atoms with Crippen molar-refractivity contribution in [3.63, 3.8) is 0 Å². The molecule has 0 aromatic heterocycles. The number of aromatic hydroxyl groups is 1. The summed E-state index contributed by atoms with van der Waals surface area (Å²) >= 11 is 0. The van der Waals surface area contributed by atoms with Gasteiger partial charge in [0.2, 0.25) is 5.91 Å². The van der Waals surface area contributed by atoms with Crippen molar-refractivity contribution in [1.82, 2.24) is 4.90 Å². The minimum Gasteiger partial charge on any atom is -0.508 e. The van der Waals surface area contributed by atoms with Gasteiger partial charge in [-0.15, -0.1) is 0 Å². The van der Waals surface area contributed by atoms with Crippen LogP contribution in [0.25, 0.3) is 0 Å².